The molecule has 3 amide bonds. The first-order chi connectivity index (χ1) is 10.0. The quantitative estimate of drug-likeness (QED) is 0.336. The molecule has 0 aromatic rings. The summed E-state index contributed by atoms with van der Waals surface area (Å²) in [5.74, 6) is -0.656. The molecular formula is C14H21FmN4O3-. The van der Waals surface area contributed by atoms with E-state index in [1.165, 1.54) is 11.3 Å². The SMILES string of the molecule is CC(C)N(C(=O)CN[C-]=O)[C@H](C#N)C[C@@H]1CCCNC1=O.[Fm]. The van der Waals surface area contributed by atoms with Crippen molar-refractivity contribution < 1.29 is 14.4 Å². The van der Waals surface area contributed by atoms with Crippen molar-refractivity contribution in [3.05, 3.63) is 0 Å². The first-order valence-corrected chi connectivity index (χ1v) is 7.09. The van der Waals surface area contributed by atoms with Crippen molar-refractivity contribution in [1.82, 2.24) is 15.5 Å². The Bertz CT molecular complexity index is 436. The number of piperidine rings is 1. The van der Waals surface area contributed by atoms with Crippen LogP contribution in [0, 0.1) is 17.2 Å². The van der Waals surface area contributed by atoms with Crippen LogP contribution in [-0.4, -0.2) is 48.3 Å². The number of nitrogens with one attached hydrogen (secondary N) is 2. The van der Waals surface area contributed by atoms with Gasteiger partial charge in [-0.25, -0.2) is 0 Å². The molecule has 1 rings (SSSR count). The Morgan fingerprint density at radius 2 is 2.27 bits per heavy atom. The summed E-state index contributed by atoms with van der Waals surface area (Å²) in [4.78, 5) is 35.5. The van der Waals surface area contributed by atoms with Gasteiger partial charge in [-0.05, 0) is 33.1 Å². The van der Waals surface area contributed by atoms with Crippen LogP contribution in [0.5, 0.6) is 0 Å². The molecule has 0 unspecified atom stereocenters. The molecule has 0 aromatic carbocycles. The average Bonchev–Trinajstić information content (AvgIpc) is 2.46. The van der Waals surface area contributed by atoms with E-state index in [4.69, 9.17) is 0 Å². The third-order valence-electron chi connectivity index (χ3n) is 3.55. The van der Waals surface area contributed by atoms with Crippen molar-refractivity contribution in [3.8, 4) is 6.07 Å². The van der Waals surface area contributed by atoms with Crippen molar-refractivity contribution in [1.29, 1.82) is 5.26 Å². The number of carbonyl (C=O) groups is 2. The summed E-state index contributed by atoms with van der Waals surface area (Å²) in [6, 6.07) is 1.23. The minimum Gasteiger partial charge on any atom is -0.522 e. The molecule has 2 atom stereocenters. The average molecular weight is 550 g/mol. The summed E-state index contributed by atoms with van der Waals surface area (Å²) in [5, 5.41) is 14.3. The zero-order valence-corrected chi connectivity index (χ0v) is 15.1. The standard InChI is InChI=1S/C14H21N4O3.Fm/c1-10(2)18(13(20)8-16-9-19)12(7-15)6-11-4-3-5-17-14(11)21;/h10-12H,3-6,8H2,1-2H3,(H,16,19)(H,17,21);/q-1;/t11-,12-;/m0./s1. The number of amides is 3. The van der Waals surface area contributed by atoms with Crippen LogP contribution < -0.4 is 10.6 Å². The fourth-order valence-corrected chi connectivity index (χ4v) is 2.58. The molecule has 0 saturated carbocycles. The van der Waals surface area contributed by atoms with Crippen molar-refractivity contribution in [2.45, 2.75) is 45.2 Å². The van der Waals surface area contributed by atoms with Gasteiger partial charge in [0.25, 0.3) is 0 Å². The van der Waals surface area contributed by atoms with Crippen LogP contribution in [0.25, 0.3) is 0 Å². The van der Waals surface area contributed by atoms with Gasteiger partial charge in [-0.2, -0.15) is 11.7 Å². The summed E-state index contributed by atoms with van der Waals surface area (Å²) in [5.41, 5.74) is 0. The second-order valence-electron chi connectivity index (χ2n) is 5.36. The summed E-state index contributed by atoms with van der Waals surface area (Å²) in [6.45, 7) is 4.07. The second kappa shape index (κ2) is 8.95. The molecule has 0 aromatic heterocycles. The molecule has 1 fully saturated rings. The molecule has 22 heavy (non-hydrogen) atoms. The topological polar surface area (TPSA) is 102 Å². The monoisotopic (exact) mass is 550 g/mol. The number of carbonyl (C=O) groups excluding carboxylic acids is 3. The maximum Gasteiger partial charge on any atom is 0.240 e. The molecule has 1 aliphatic rings. The molecule has 2 N–H and O–H groups in total. The molecule has 0 bridgehead atoms. The van der Waals surface area contributed by atoms with E-state index in [0.29, 0.717) is 13.0 Å². The zero-order valence-electron chi connectivity index (χ0n) is 12.7. The minimum absolute atomic E-state index is 0. The van der Waals surface area contributed by atoms with Gasteiger partial charge in [0, 0.05) is 18.5 Å². The van der Waals surface area contributed by atoms with Crippen LogP contribution in [0.1, 0.15) is 33.1 Å². The van der Waals surface area contributed by atoms with Crippen molar-refractivity contribution in [2.24, 2.45) is 5.92 Å². The van der Waals surface area contributed by atoms with E-state index in [1.807, 2.05) is 0 Å². The molecular weight excluding hydrogens is 529 g/mol. The van der Waals surface area contributed by atoms with Gasteiger partial charge in [-0.1, -0.05) is 0 Å². The molecule has 0 spiro atoms. The number of nitriles is 1. The van der Waals surface area contributed by atoms with E-state index >= 15 is 0 Å². The van der Waals surface area contributed by atoms with Crippen LogP contribution in [-0.2, 0) is 14.4 Å². The molecule has 1 heterocycles. The fraction of sp³-hybridized carbons (Fsp3) is 0.714. The predicted octanol–water partition coefficient (Wildman–Crippen LogP) is -0.311. The molecule has 7 nitrogen and oxygen atoms in total. The third kappa shape index (κ3) is 4.78. The van der Waals surface area contributed by atoms with E-state index in [-0.39, 0.29) is 30.3 Å². The summed E-state index contributed by atoms with van der Waals surface area (Å²) in [7, 11) is 0. The number of hydrogen-bond acceptors (Lipinski definition) is 4. The molecule has 8 heteroatoms. The van der Waals surface area contributed by atoms with Crippen molar-refractivity contribution in [3.63, 3.8) is 0 Å². The van der Waals surface area contributed by atoms with Crippen molar-refractivity contribution >= 4 is 18.2 Å². The predicted molar refractivity (Wildman–Crippen MR) is 75.4 cm³/mol. The van der Waals surface area contributed by atoms with Gasteiger partial charge in [0.2, 0.25) is 11.8 Å². The Hall–Kier alpha value is -3.10. The molecule has 1 saturated heterocycles. The van der Waals surface area contributed by atoms with Gasteiger partial charge >= 0.3 is 0 Å². The van der Waals surface area contributed by atoms with E-state index in [9.17, 15) is 19.6 Å². The first kappa shape index (κ1) is 18.9. The Kier molecular flexibility index (Phi) is 7.69. The number of hydrogen-bond donors (Lipinski definition) is 2. The fourth-order valence-electron chi connectivity index (χ4n) is 2.58. The Morgan fingerprint density at radius 3 is 2.77 bits per heavy atom. The van der Waals surface area contributed by atoms with Crippen LogP contribution in [0.4, 0.5) is 0 Å². The summed E-state index contributed by atoms with van der Waals surface area (Å²) in [6.07, 6.45) is 3.37. The Morgan fingerprint density at radius 1 is 1.59 bits per heavy atom. The van der Waals surface area contributed by atoms with Gasteiger partial charge < -0.3 is 20.3 Å². The maximum absolute atomic E-state index is 12.1. The Balaban J connectivity index is 0.00000441. The molecule has 128 valence electrons. The first-order valence-electron chi connectivity index (χ1n) is 7.09. The van der Waals surface area contributed by atoms with Gasteiger partial charge in [-0.3, -0.25) is 9.59 Å². The summed E-state index contributed by atoms with van der Waals surface area (Å²) >= 11 is 0. The summed E-state index contributed by atoms with van der Waals surface area (Å²) < 4.78 is 0. The minimum atomic E-state index is -0.681. The number of rotatable bonds is 7. The van der Waals surface area contributed by atoms with Crippen LogP contribution in [0.15, 0.2) is 0 Å². The smallest absolute Gasteiger partial charge is 0.240 e. The van der Waals surface area contributed by atoms with Crippen LogP contribution in [0.3, 0.4) is 0 Å². The van der Waals surface area contributed by atoms with Gasteiger partial charge in [0.1, 0.15) is 6.04 Å². The van der Waals surface area contributed by atoms with E-state index in [2.05, 4.69) is 16.7 Å². The van der Waals surface area contributed by atoms with E-state index in [0.717, 1.165) is 12.8 Å². The van der Waals surface area contributed by atoms with E-state index < -0.39 is 6.04 Å². The zero-order chi connectivity index (χ0) is 15.8. The van der Waals surface area contributed by atoms with Crippen LogP contribution in [0.2, 0.25) is 0 Å². The Labute approximate surface area is 124 Å². The van der Waals surface area contributed by atoms with Crippen molar-refractivity contribution in [2.75, 3.05) is 13.1 Å². The second-order valence-corrected chi connectivity index (χ2v) is 5.36. The normalized spacial score (nSPS) is 18.5. The third-order valence-corrected chi connectivity index (χ3v) is 3.55. The largest absolute Gasteiger partial charge is 0.522 e. The van der Waals surface area contributed by atoms with E-state index in [1.54, 1.807) is 13.8 Å². The number of nitrogens with zero attached hydrogens (tertiary/aromatic N) is 2. The van der Waals surface area contributed by atoms with Gasteiger partial charge in [0.05, 0.1) is 12.6 Å². The molecule has 0 radical (unpaired) electrons. The maximum atomic E-state index is 12.1. The van der Waals surface area contributed by atoms with Gasteiger partial charge in [-0.15, -0.1) is 0 Å². The molecule has 1 aliphatic heterocycles. The van der Waals surface area contributed by atoms with Crippen LogP contribution >= 0.6 is 0 Å². The van der Waals surface area contributed by atoms with Gasteiger partial charge in [0.15, 0.2) is 0 Å². The molecule has 0 aliphatic carbocycles.